The maximum Gasteiger partial charge on any atom is 0.0508 e. The summed E-state index contributed by atoms with van der Waals surface area (Å²) in [6, 6.07) is 0.363. The van der Waals surface area contributed by atoms with Crippen molar-refractivity contribution in [1.29, 1.82) is 0 Å². The average molecular weight is 140 g/mol. The second kappa shape index (κ2) is 5.18. The molecule has 0 heterocycles. The van der Waals surface area contributed by atoms with Gasteiger partial charge in [-0.15, -0.1) is 0 Å². The largest absolute Gasteiger partial charge is 0.312 e. The summed E-state index contributed by atoms with van der Waals surface area (Å²) < 4.78 is 0. The molecule has 0 bridgehead atoms. The fourth-order valence-corrected chi connectivity index (χ4v) is 0.951. The number of aliphatic imine (C=N–C) groups is 1. The number of nitrogens with one attached hydrogen (secondary N) is 1. The zero-order chi connectivity index (χ0) is 7.98. The van der Waals surface area contributed by atoms with Gasteiger partial charge in [0.1, 0.15) is 0 Å². The van der Waals surface area contributed by atoms with Gasteiger partial charge in [0.15, 0.2) is 0 Å². The van der Waals surface area contributed by atoms with E-state index < -0.39 is 0 Å². The van der Waals surface area contributed by atoms with Gasteiger partial charge in [0.2, 0.25) is 0 Å². The van der Waals surface area contributed by atoms with Gasteiger partial charge in [0, 0.05) is 13.1 Å². The predicted molar refractivity (Wildman–Crippen MR) is 46.7 cm³/mol. The Labute approximate surface area is 63.0 Å². The van der Waals surface area contributed by atoms with Gasteiger partial charge in [0.05, 0.1) is 5.71 Å². The van der Waals surface area contributed by atoms with E-state index in [1.54, 1.807) is 13.1 Å². The Balaban J connectivity index is 4.10. The van der Waals surface area contributed by atoms with Crippen LogP contribution in [0.2, 0.25) is 0 Å². The van der Waals surface area contributed by atoms with Crippen molar-refractivity contribution < 1.29 is 0 Å². The summed E-state index contributed by atoms with van der Waals surface area (Å²) in [4.78, 5) is 4.08. The molecule has 0 amide bonds. The standard InChI is InChI=1S/C8H16N2/c1-5-7(9-3)8(6-2)10-4/h5,8,10H,1,6H2,2-4H3. The monoisotopic (exact) mass is 140 g/mol. The van der Waals surface area contributed by atoms with E-state index in [0.29, 0.717) is 6.04 Å². The topological polar surface area (TPSA) is 24.4 Å². The van der Waals surface area contributed by atoms with E-state index in [1.807, 2.05) is 7.05 Å². The first-order valence-electron chi connectivity index (χ1n) is 3.56. The van der Waals surface area contributed by atoms with Crippen LogP contribution in [0.1, 0.15) is 13.3 Å². The number of hydrogen-bond donors (Lipinski definition) is 1. The van der Waals surface area contributed by atoms with Gasteiger partial charge in [-0.3, -0.25) is 4.99 Å². The average Bonchev–Trinajstić information content (AvgIpc) is 2.00. The lowest BCUT2D eigenvalue weighted by Crippen LogP contribution is -2.31. The Morgan fingerprint density at radius 2 is 2.40 bits per heavy atom. The van der Waals surface area contributed by atoms with Crippen molar-refractivity contribution in [3.63, 3.8) is 0 Å². The van der Waals surface area contributed by atoms with Gasteiger partial charge in [-0.2, -0.15) is 0 Å². The van der Waals surface area contributed by atoms with Crippen LogP contribution in [0.15, 0.2) is 17.6 Å². The highest BCUT2D eigenvalue weighted by Crippen LogP contribution is 1.94. The van der Waals surface area contributed by atoms with Crippen LogP contribution in [0.3, 0.4) is 0 Å². The SMILES string of the molecule is C=CC(=NC)C(CC)NC. The molecular formula is C8H16N2. The molecule has 0 fully saturated rings. The quantitative estimate of drug-likeness (QED) is 0.584. The van der Waals surface area contributed by atoms with Crippen LogP contribution in [0.4, 0.5) is 0 Å². The normalized spacial score (nSPS) is 14.9. The second-order valence-electron chi connectivity index (χ2n) is 2.10. The molecule has 2 nitrogen and oxygen atoms in total. The van der Waals surface area contributed by atoms with Crippen molar-refractivity contribution in [1.82, 2.24) is 5.32 Å². The summed E-state index contributed by atoms with van der Waals surface area (Å²) >= 11 is 0. The summed E-state index contributed by atoms with van der Waals surface area (Å²) in [5.41, 5.74) is 1.03. The summed E-state index contributed by atoms with van der Waals surface area (Å²) in [5, 5.41) is 3.15. The van der Waals surface area contributed by atoms with Gasteiger partial charge in [-0.05, 0) is 19.5 Å². The fraction of sp³-hybridized carbons (Fsp3) is 0.625. The molecule has 0 aliphatic rings. The van der Waals surface area contributed by atoms with Crippen molar-refractivity contribution >= 4 is 5.71 Å². The molecule has 1 atom stereocenters. The van der Waals surface area contributed by atoms with Gasteiger partial charge >= 0.3 is 0 Å². The Bertz CT molecular complexity index is 123. The lowest BCUT2D eigenvalue weighted by Gasteiger charge is -2.12. The minimum absolute atomic E-state index is 0.363. The molecule has 1 N–H and O–H groups in total. The third kappa shape index (κ3) is 2.31. The van der Waals surface area contributed by atoms with E-state index in [1.165, 1.54) is 0 Å². The van der Waals surface area contributed by atoms with Crippen molar-refractivity contribution in [2.24, 2.45) is 4.99 Å². The first-order chi connectivity index (χ1) is 4.79. The van der Waals surface area contributed by atoms with Gasteiger partial charge in [-0.25, -0.2) is 0 Å². The number of nitrogens with zero attached hydrogens (tertiary/aromatic N) is 1. The maximum absolute atomic E-state index is 4.08. The molecule has 0 aliphatic heterocycles. The molecule has 0 radical (unpaired) electrons. The molecule has 0 rings (SSSR count). The zero-order valence-electron chi connectivity index (χ0n) is 7.02. The van der Waals surface area contributed by atoms with Crippen molar-refractivity contribution in [3.05, 3.63) is 12.7 Å². The van der Waals surface area contributed by atoms with Crippen LogP contribution >= 0.6 is 0 Å². The molecule has 1 unspecified atom stereocenters. The lowest BCUT2D eigenvalue weighted by molar-refractivity contribution is 0.679. The van der Waals surface area contributed by atoms with E-state index >= 15 is 0 Å². The van der Waals surface area contributed by atoms with E-state index in [4.69, 9.17) is 0 Å². The molecular weight excluding hydrogens is 124 g/mol. The minimum atomic E-state index is 0.363. The third-order valence-electron chi connectivity index (χ3n) is 1.58. The summed E-state index contributed by atoms with van der Waals surface area (Å²) in [6.07, 6.45) is 2.85. The first kappa shape index (κ1) is 9.37. The van der Waals surface area contributed by atoms with E-state index in [0.717, 1.165) is 12.1 Å². The fourth-order valence-electron chi connectivity index (χ4n) is 0.951. The van der Waals surface area contributed by atoms with Crippen LogP contribution in [0.5, 0.6) is 0 Å². The number of rotatable bonds is 4. The second-order valence-corrected chi connectivity index (χ2v) is 2.10. The molecule has 0 spiro atoms. The third-order valence-corrected chi connectivity index (χ3v) is 1.58. The van der Waals surface area contributed by atoms with E-state index in [9.17, 15) is 0 Å². The molecule has 0 aromatic carbocycles. The Morgan fingerprint density at radius 3 is 2.50 bits per heavy atom. The Kier molecular flexibility index (Phi) is 4.85. The van der Waals surface area contributed by atoms with Gasteiger partial charge in [-0.1, -0.05) is 13.5 Å². The summed E-state index contributed by atoms with van der Waals surface area (Å²) in [7, 11) is 3.72. The molecule has 0 aromatic heterocycles. The maximum atomic E-state index is 4.08. The molecule has 0 aliphatic carbocycles. The van der Waals surface area contributed by atoms with E-state index in [-0.39, 0.29) is 0 Å². The molecule has 0 saturated heterocycles. The van der Waals surface area contributed by atoms with Gasteiger partial charge < -0.3 is 5.32 Å². The molecule has 2 heteroatoms. The first-order valence-corrected chi connectivity index (χ1v) is 3.56. The van der Waals surface area contributed by atoms with Crippen LogP contribution in [-0.4, -0.2) is 25.8 Å². The van der Waals surface area contributed by atoms with Crippen LogP contribution < -0.4 is 5.32 Å². The van der Waals surface area contributed by atoms with Crippen molar-refractivity contribution in [3.8, 4) is 0 Å². The van der Waals surface area contributed by atoms with Crippen LogP contribution in [0.25, 0.3) is 0 Å². The Morgan fingerprint density at radius 1 is 1.80 bits per heavy atom. The minimum Gasteiger partial charge on any atom is -0.312 e. The smallest absolute Gasteiger partial charge is 0.0508 e. The zero-order valence-corrected chi connectivity index (χ0v) is 7.02. The van der Waals surface area contributed by atoms with Crippen LogP contribution in [-0.2, 0) is 0 Å². The summed E-state index contributed by atoms with van der Waals surface area (Å²) in [6.45, 7) is 5.80. The predicted octanol–water partition coefficient (Wildman–Crippen LogP) is 1.24. The van der Waals surface area contributed by atoms with Crippen molar-refractivity contribution in [2.45, 2.75) is 19.4 Å². The van der Waals surface area contributed by atoms with Gasteiger partial charge in [0.25, 0.3) is 0 Å². The highest BCUT2D eigenvalue weighted by Gasteiger charge is 2.05. The highest BCUT2D eigenvalue weighted by atomic mass is 14.9. The molecule has 10 heavy (non-hydrogen) atoms. The lowest BCUT2D eigenvalue weighted by atomic mass is 10.1. The molecule has 58 valence electrons. The highest BCUT2D eigenvalue weighted by molar-refractivity contribution is 5.98. The molecule has 0 saturated carbocycles. The Hall–Kier alpha value is -0.630. The van der Waals surface area contributed by atoms with E-state index in [2.05, 4.69) is 23.8 Å². The summed E-state index contributed by atoms with van der Waals surface area (Å²) in [5.74, 6) is 0. The van der Waals surface area contributed by atoms with Crippen molar-refractivity contribution in [2.75, 3.05) is 14.1 Å². The number of hydrogen-bond acceptors (Lipinski definition) is 2. The van der Waals surface area contributed by atoms with Crippen LogP contribution in [0, 0.1) is 0 Å². The molecule has 0 aromatic rings.